The fourth-order valence-electron chi connectivity index (χ4n) is 2.50. The molecule has 0 radical (unpaired) electrons. The highest BCUT2D eigenvalue weighted by Crippen LogP contribution is 2.43. The normalized spacial score (nSPS) is 15.0. The number of hydrogen-bond acceptors (Lipinski definition) is 2. The summed E-state index contributed by atoms with van der Waals surface area (Å²) in [5, 5.41) is 11.2. The highest BCUT2D eigenvalue weighted by molar-refractivity contribution is 6.74. The third-order valence-electron chi connectivity index (χ3n) is 5.34. The molecule has 0 fully saturated rings. The lowest BCUT2D eigenvalue weighted by Gasteiger charge is -2.40. The first-order valence-corrected chi connectivity index (χ1v) is 11.9. The lowest BCUT2D eigenvalue weighted by molar-refractivity contribution is 0.0253. The highest BCUT2D eigenvalue weighted by atomic mass is 28.4. The van der Waals surface area contributed by atoms with Crippen molar-refractivity contribution in [3.05, 3.63) is 70.8 Å². The van der Waals surface area contributed by atoms with Crippen LogP contribution in [0.3, 0.4) is 0 Å². The molecule has 0 saturated carbocycles. The molecule has 2 nitrogen and oxygen atoms in total. The SMILES string of the molecule is Cc1ccc([C@@H](O)[C@H](O[Si](C)(C)C(C)(C)C)c2ccc(C)cc2)cc1. The van der Waals surface area contributed by atoms with E-state index in [2.05, 4.69) is 72.0 Å². The molecule has 0 aliphatic heterocycles. The topological polar surface area (TPSA) is 29.5 Å². The highest BCUT2D eigenvalue weighted by Gasteiger charge is 2.41. The molecule has 25 heavy (non-hydrogen) atoms. The van der Waals surface area contributed by atoms with Crippen molar-refractivity contribution in [3.8, 4) is 0 Å². The van der Waals surface area contributed by atoms with E-state index in [1.165, 1.54) is 11.1 Å². The first kappa shape index (κ1) is 19.9. The predicted octanol–water partition coefficient (Wildman–Crippen LogP) is 6.10. The van der Waals surface area contributed by atoms with Gasteiger partial charge in [0, 0.05) is 0 Å². The maximum absolute atomic E-state index is 11.1. The molecule has 0 bridgehead atoms. The number of benzene rings is 2. The van der Waals surface area contributed by atoms with Crippen molar-refractivity contribution in [2.24, 2.45) is 0 Å². The second-order valence-electron chi connectivity index (χ2n) is 8.56. The largest absolute Gasteiger partial charge is 0.407 e. The summed E-state index contributed by atoms with van der Waals surface area (Å²) in [6.07, 6.45) is -1.04. The molecule has 0 heterocycles. The number of aliphatic hydroxyl groups excluding tert-OH is 1. The molecule has 2 rings (SSSR count). The summed E-state index contributed by atoms with van der Waals surface area (Å²) in [4.78, 5) is 0. The van der Waals surface area contributed by atoms with Crippen molar-refractivity contribution in [2.75, 3.05) is 0 Å². The van der Waals surface area contributed by atoms with Crippen LogP contribution in [0.25, 0.3) is 0 Å². The van der Waals surface area contributed by atoms with Crippen LogP contribution in [0.1, 0.15) is 55.2 Å². The predicted molar refractivity (Wildman–Crippen MR) is 108 cm³/mol. The van der Waals surface area contributed by atoms with Crippen molar-refractivity contribution in [1.82, 2.24) is 0 Å². The van der Waals surface area contributed by atoms with Crippen LogP contribution in [0.2, 0.25) is 18.1 Å². The van der Waals surface area contributed by atoms with Crippen LogP contribution in [0.15, 0.2) is 48.5 Å². The summed E-state index contributed by atoms with van der Waals surface area (Å²) < 4.78 is 6.66. The zero-order valence-corrected chi connectivity index (χ0v) is 17.6. The zero-order chi connectivity index (χ0) is 18.8. The van der Waals surface area contributed by atoms with Crippen molar-refractivity contribution < 1.29 is 9.53 Å². The Kier molecular flexibility index (Phi) is 5.92. The molecule has 1 N–H and O–H groups in total. The summed E-state index contributed by atoms with van der Waals surface area (Å²) in [5.41, 5.74) is 4.33. The minimum Gasteiger partial charge on any atom is -0.407 e. The van der Waals surface area contributed by atoms with Gasteiger partial charge in [0.05, 0.1) is 0 Å². The van der Waals surface area contributed by atoms with E-state index < -0.39 is 14.4 Å². The average molecular weight is 357 g/mol. The van der Waals surface area contributed by atoms with Gasteiger partial charge in [-0.3, -0.25) is 0 Å². The van der Waals surface area contributed by atoms with E-state index in [-0.39, 0.29) is 11.1 Å². The summed E-state index contributed by atoms with van der Waals surface area (Å²) in [6.45, 7) is 15.3. The van der Waals surface area contributed by atoms with Gasteiger partial charge in [-0.05, 0) is 43.1 Å². The van der Waals surface area contributed by atoms with Crippen LogP contribution in [-0.4, -0.2) is 13.4 Å². The molecule has 136 valence electrons. The van der Waals surface area contributed by atoms with Gasteiger partial charge in [-0.1, -0.05) is 80.4 Å². The Bertz CT molecular complexity index is 681. The van der Waals surface area contributed by atoms with Gasteiger partial charge in [0.1, 0.15) is 12.2 Å². The third-order valence-corrected chi connectivity index (χ3v) is 9.79. The van der Waals surface area contributed by atoms with Crippen molar-refractivity contribution >= 4 is 8.32 Å². The van der Waals surface area contributed by atoms with E-state index in [4.69, 9.17) is 4.43 Å². The minimum absolute atomic E-state index is 0.0863. The van der Waals surface area contributed by atoms with Gasteiger partial charge in [-0.2, -0.15) is 0 Å². The van der Waals surface area contributed by atoms with E-state index in [9.17, 15) is 5.11 Å². The minimum atomic E-state index is -2.03. The lowest BCUT2D eigenvalue weighted by Crippen LogP contribution is -2.42. The summed E-state index contributed by atoms with van der Waals surface area (Å²) in [6, 6.07) is 16.4. The molecule has 2 aromatic rings. The fraction of sp³-hybridized carbons (Fsp3) is 0.455. The second-order valence-corrected chi connectivity index (χ2v) is 13.3. The summed E-state index contributed by atoms with van der Waals surface area (Å²) in [5.74, 6) is 0. The van der Waals surface area contributed by atoms with E-state index in [0.717, 1.165) is 11.1 Å². The Labute approximate surface area is 154 Å². The molecule has 2 atom stereocenters. The van der Waals surface area contributed by atoms with Crippen LogP contribution in [0.5, 0.6) is 0 Å². The first-order valence-electron chi connectivity index (χ1n) is 9.00. The monoisotopic (exact) mass is 356 g/mol. The number of hydrogen-bond donors (Lipinski definition) is 1. The van der Waals surface area contributed by atoms with E-state index in [1.807, 2.05) is 24.3 Å². The van der Waals surface area contributed by atoms with Crippen molar-refractivity contribution in [3.63, 3.8) is 0 Å². The number of rotatable bonds is 5. The third kappa shape index (κ3) is 4.81. The van der Waals surface area contributed by atoms with Gasteiger partial charge >= 0.3 is 0 Å². The van der Waals surface area contributed by atoms with Gasteiger partial charge in [-0.25, -0.2) is 0 Å². The Morgan fingerprint density at radius 1 is 0.800 bits per heavy atom. The number of aryl methyl sites for hydroxylation is 2. The van der Waals surface area contributed by atoms with Gasteiger partial charge in [0.15, 0.2) is 8.32 Å². The van der Waals surface area contributed by atoms with E-state index in [0.29, 0.717) is 0 Å². The molecule has 0 amide bonds. The standard InChI is InChI=1S/C22H32O2Si/c1-16-8-12-18(13-9-16)20(23)21(19-14-10-17(2)11-15-19)24-25(6,7)22(3,4)5/h8-15,20-21,23H,1-7H3/t20-,21-/m1/s1. The van der Waals surface area contributed by atoms with Crippen LogP contribution < -0.4 is 0 Å². The van der Waals surface area contributed by atoms with Gasteiger partial charge in [0.2, 0.25) is 0 Å². The molecular formula is C22H32O2Si. The maximum atomic E-state index is 11.1. The smallest absolute Gasteiger partial charge is 0.193 e. The molecule has 0 unspecified atom stereocenters. The molecule has 0 aliphatic carbocycles. The van der Waals surface area contributed by atoms with Crippen molar-refractivity contribution in [2.45, 2.75) is 65.0 Å². The van der Waals surface area contributed by atoms with Crippen molar-refractivity contribution in [1.29, 1.82) is 0 Å². The van der Waals surface area contributed by atoms with E-state index >= 15 is 0 Å². The lowest BCUT2D eigenvalue weighted by atomic mass is 9.97. The van der Waals surface area contributed by atoms with Crippen LogP contribution in [0, 0.1) is 13.8 Å². The average Bonchev–Trinajstić information content (AvgIpc) is 2.52. The van der Waals surface area contributed by atoms with Gasteiger partial charge in [-0.15, -0.1) is 0 Å². The molecule has 0 aliphatic rings. The Hall–Kier alpha value is -1.42. The van der Waals surface area contributed by atoms with Crippen LogP contribution >= 0.6 is 0 Å². The van der Waals surface area contributed by atoms with Crippen LogP contribution in [0.4, 0.5) is 0 Å². The Balaban J connectivity index is 2.41. The summed E-state index contributed by atoms with van der Waals surface area (Å²) in [7, 11) is -2.03. The summed E-state index contributed by atoms with van der Waals surface area (Å²) >= 11 is 0. The zero-order valence-electron chi connectivity index (χ0n) is 16.6. The fourth-order valence-corrected chi connectivity index (χ4v) is 3.76. The second kappa shape index (κ2) is 7.44. The molecule has 2 aromatic carbocycles. The Morgan fingerprint density at radius 2 is 1.20 bits per heavy atom. The Morgan fingerprint density at radius 3 is 1.60 bits per heavy atom. The van der Waals surface area contributed by atoms with Gasteiger partial charge in [0.25, 0.3) is 0 Å². The quantitative estimate of drug-likeness (QED) is 0.656. The maximum Gasteiger partial charge on any atom is 0.193 e. The molecule has 3 heteroatoms. The molecular weight excluding hydrogens is 324 g/mol. The van der Waals surface area contributed by atoms with Gasteiger partial charge < -0.3 is 9.53 Å². The molecule has 0 saturated heterocycles. The van der Waals surface area contributed by atoms with E-state index in [1.54, 1.807) is 0 Å². The first-order chi connectivity index (χ1) is 11.5. The number of aliphatic hydroxyl groups is 1. The molecule has 0 aromatic heterocycles. The molecule has 0 spiro atoms. The van der Waals surface area contributed by atoms with Crippen LogP contribution in [-0.2, 0) is 4.43 Å².